The molecule has 0 heterocycles. The first-order chi connectivity index (χ1) is 13.6. The molecule has 0 bridgehead atoms. The summed E-state index contributed by atoms with van der Waals surface area (Å²) in [4.78, 5) is 0. The van der Waals surface area contributed by atoms with Gasteiger partial charge in [0.05, 0.1) is 11.8 Å². The van der Waals surface area contributed by atoms with Crippen LogP contribution in [-0.2, 0) is 17.6 Å². The summed E-state index contributed by atoms with van der Waals surface area (Å²) in [6.07, 6.45) is 4.04. The molecular formula is C22H43O4PSi3. The highest BCUT2D eigenvalue weighted by Gasteiger charge is 2.51. The molecule has 4 atom stereocenters. The summed E-state index contributed by atoms with van der Waals surface area (Å²) in [7, 11) is -9.10. The second kappa shape index (κ2) is 9.86. The summed E-state index contributed by atoms with van der Waals surface area (Å²) in [6, 6.07) is 10.1. The predicted octanol–water partition coefficient (Wildman–Crippen LogP) is 7.83. The Morgan fingerprint density at radius 3 is 1.90 bits per heavy atom. The molecule has 1 aromatic rings. The third-order valence-electron chi connectivity index (χ3n) is 4.93. The van der Waals surface area contributed by atoms with E-state index in [9.17, 15) is 0 Å². The van der Waals surface area contributed by atoms with Crippen molar-refractivity contribution in [3.63, 3.8) is 0 Å². The molecule has 172 valence electrons. The van der Waals surface area contributed by atoms with Crippen LogP contribution in [0.15, 0.2) is 30.3 Å². The van der Waals surface area contributed by atoms with Crippen LogP contribution in [0.25, 0.3) is 0 Å². The fourth-order valence-electron chi connectivity index (χ4n) is 4.10. The van der Waals surface area contributed by atoms with Gasteiger partial charge < -0.3 is 13.1 Å². The van der Waals surface area contributed by atoms with Crippen LogP contribution in [0.2, 0.25) is 58.9 Å². The second-order valence-corrected chi connectivity index (χ2v) is 27.8. The summed E-state index contributed by atoms with van der Waals surface area (Å²) in [5.41, 5.74) is 0.866. The zero-order valence-corrected chi connectivity index (χ0v) is 24.4. The van der Waals surface area contributed by atoms with Crippen molar-refractivity contribution in [1.29, 1.82) is 0 Å². The minimum absolute atomic E-state index is 0.0101. The van der Waals surface area contributed by atoms with Crippen LogP contribution >= 0.6 is 7.37 Å². The second-order valence-electron chi connectivity index (χ2n) is 11.5. The Morgan fingerprint density at radius 2 is 1.40 bits per heavy atom. The number of hydrogen-bond donors (Lipinski definition) is 0. The first-order valence-corrected chi connectivity index (χ1v) is 23.3. The van der Waals surface area contributed by atoms with Gasteiger partial charge in [0.15, 0.2) is 25.0 Å². The molecule has 0 aliphatic heterocycles. The van der Waals surface area contributed by atoms with E-state index in [0.29, 0.717) is 0 Å². The summed E-state index contributed by atoms with van der Waals surface area (Å²) in [5.74, 6) is -0.520. The van der Waals surface area contributed by atoms with E-state index in [-0.39, 0.29) is 11.8 Å². The third-order valence-corrected chi connectivity index (χ3v) is 13.0. The lowest BCUT2D eigenvalue weighted by Gasteiger charge is -2.45. The Kier molecular flexibility index (Phi) is 8.62. The van der Waals surface area contributed by atoms with E-state index in [1.807, 2.05) is 30.3 Å². The van der Waals surface area contributed by atoms with E-state index in [0.717, 1.165) is 31.2 Å². The Bertz CT molecular complexity index is 723. The lowest BCUT2D eigenvalue weighted by atomic mass is 9.97. The Hall–Kier alpha value is -0.0194. The Labute approximate surface area is 187 Å². The molecule has 1 aliphatic carbocycles. The van der Waals surface area contributed by atoms with Crippen molar-refractivity contribution in [1.82, 2.24) is 0 Å². The van der Waals surface area contributed by atoms with Crippen LogP contribution < -0.4 is 0 Å². The Morgan fingerprint density at radius 1 is 0.833 bits per heavy atom. The smallest absolute Gasteiger partial charge is 0.230 e. The average molecular weight is 487 g/mol. The van der Waals surface area contributed by atoms with E-state index >= 15 is 4.57 Å². The standard InChI is InChI=1S/C22H43O4PSi3/c1-28(2,3)24-20-17-13-14-18-21(20)27(23,26-30(7,8)9)22(25-29(4,5)6)19-15-11-10-12-16-19/h10-12,15-16,20-22H,13-14,17-18H2,1-9H3. The minimum Gasteiger partial charge on any atom is -0.414 e. The van der Waals surface area contributed by atoms with E-state index in [1.165, 1.54) is 0 Å². The van der Waals surface area contributed by atoms with Crippen LogP contribution in [0.4, 0.5) is 0 Å². The molecule has 0 amide bonds. The molecular weight excluding hydrogens is 443 g/mol. The van der Waals surface area contributed by atoms with Crippen molar-refractivity contribution >= 4 is 32.3 Å². The first kappa shape index (κ1) is 26.2. The maximum Gasteiger partial charge on any atom is 0.230 e. The predicted molar refractivity (Wildman–Crippen MR) is 136 cm³/mol. The SMILES string of the molecule is C[Si](C)(C)OC1CCCCC1P(=O)(O[Si](C)(C)C)C(O[Si](C)(C)C)c1ccccc1. The molecule has 0 radical (unpaired) electrons. The zero-order chi connectivity index (χ0) is 22.8. The van der Waals surface area contributed by atoms with Crippen molar-refractivity contribution in [2.75, 3.05) is 0 Å². The van der Waals surface area contributed by atoms with Gasteiger partial charge in [-0.1, -0.05) is 43.2 Å². The molecule has 30 heavy (non-hydrogen) atoms. The van der Waals surface area contributed by atoms with E-state index in [2.05, 4.69) is 58.9 Å². The normalized spacial score (nSPS) is 24.3. The van der Waals surface area contributed by atoms with Crippen LogP contribution in [0.3, 0.4) is 0 Å². The van der Waals surface area contributed by atoms with Gasteiger partial charge in [0.2, 0.25) is 7.37 Å². The van der Waals surface area contributed by atoms with Gasteiger partial charge in [-0.2, -0.15) is 0 Å². The van der Waals surface area contributed by atoms with Crippen molar-refractivity contribution in [2.24, 2.45) is 0 Å². The van der Waals surface area contributed by atoms with Crippen molar-refractivity contribution < 1.29 is 17.6 Å². The maximum absolute atomic E-state index is 15.1. The summed E-state index contributed by atoms with van der Waals surface area (Å²) in [5, 5.41) is 0. The van der Waals surface area contributed by atoms with Gasteiger partial charge in [0.1, 0.15) is 5.85 Å². The van der Waals surface area contributed by atoms with Crippen molar-refractivity contribution in [3.8, 4) is 0 Å². The minimum atomic E-state index is -3.22. The molecule has 1 aromatic carbocycles. The highest BCUT2D eigenvalue weighted by atomic mass is 31.2. The first-order valence-electron chi connectivity index (χ1n) is 11.3. The van der Waals surface area contributed by atoms with Gasteiger partial charge >= 0.3 is 0 Å². The third kappa shape index (κ3) is 7.84. The van der Waals surface area contributed by atoms with Crippen molar-refractivity contribution in [2.45, 2.75) is 102 Å². The van der Waals surface area contributed by atoms with Gasteiger partial charge in [0, 0.05) is 0 Å². The zero-order valence-electron chi connectivity index (χ0n) is 20.5. The molecule has 0 spiro atoms. The highest BCUT2D eigenvalue weighted by Crippen LogP contribution is 2.69. The van der Waals surface area contributed by atoms with Crippen LogP contribution in [0.1, 0.15) is 37.1 Å². The van der Waals surface area contributed by atoms with E-state index < -0.39 is 38.2 Å². The van der Waals surface area contributed by atoms with Gasteiger partial charge in [-0.15, -0.1) is 0 Å². The van der Waals surface area contributed by atoms with Gasteiger partial charge in [-0.25, -0.2) is 0 Å². The summed E-state index contributed by atoms with van der Waals surface area (Å²) in [6.45, 7) is 19.5. The van der Waals surface area contributed by atoms with Crippen LogP contribution in [-0.4, -0.2) is 36.7 Å². The lowest BCUT2D eigenvalue weighted by molar-refractivity contribution is 0.140. The molecule has 8 heteroatoms. The van der Waals surface area contributed by atoms with Gasteiger partial charge in [-0.05, 0) is 77.3 Å². The number of rotatable bonds is 9. The van der Waals surface area contributed by atoms with Gasteiger partial charge in [-0.3, -0.25) is 4.57 Å². The fraction of sp³-hybridized carbons (Fsp3) is 0.727. The fourth-order valence-corrected chi connectivity index (χ4v) is 14.2. The van der Waals surface area contributed by atoms with Gasteiger partial charge in [0.25, 0.3) is 0 Å². The molecule has 0 saturated heterocycles. The molecule has 2 rings (SSSR count). The quantitative estimate of drug-likeness (QED) is 0.263. The molecule has 0 N–H and O–H groups in total. The Balaban J connectivity index is 2.60. The largest absolute Gasteiger partial charge is 0.414 e. The molecule has 1 saturated carbocycles. The van der Waals surface area contributed by atoms with Crippen LogP contribution in [0, 0.1) is 0 Å². The topological polar surface area (TPSA) is 44.8 Å². The molecule has 4 unspecified atom stereocenters. The number of hydrogen-bond acceptors (Lipinski definition) is 4. The molecule has 0 aromatic heterocycles. The molecule has 4 nitrogen and oxygen atoms in total. The highest BCUT2D eigenvalue weighted by molar-refractivity contribution is 7.61. The lowest BCUT2D eigenvalue weighted by Crippen LogP contribution is -2.44. The summed E-state index contributed by atoms with van der Waals surface area (Å²) < 4.78 is 35.1. The van der Waals surface area contributed by atoms with E-state index in [4.69, 9.17) is 13.1 Å². The monoisotopic (exact) mass is 486 g/mol. The van der Waals surface area contributed by atoms with Crippen LogP contribution in [0.5, 0.6) is 0 Å². The number of benzene rings is 1. The van der Waals surface area contributed by atoms with Crippen molar-refractivity contribution in [3.05, 3.63) is 35.9 Å². The summed E-state index contributed by atoms with van der Waals surface area (Å²) >= 11 is 0. The molecule has 1 fully saturated rings. The van der Waals surface area contributed by atoms with E-state index in [1.54, 1.807) is 0 Å². The molecule has 1 aliphatic rings. The average Bonchev–Trinajstić information content (AvgIpc) is 2.57. The maximum atomic E-state index is 15.1.